The topological polar surface area (TPSA) is 74.9 Å². The van der Waals surface area contributed by atoms with Gasteiger partial charge >= 0.3 is 0 Å². The summed E-state index contributed by atoms with van der Waals surface area (Å²) >= 11 is 10.9. The van der Waals surface area contributed by atoms with E-state index in [-0.39, 0.29) is 11.5 Å². The van der Waals surface area contributed by atoms with Gasteiger partial charge in [0.15, 0.2) is 17.3 Å². The Hall–Kier alpha value is -3.47. The molecule has 0 aliphatic carbocycles. The molecule has 0 unspecified atom stereocenters. The number of aromatic nitrogens is 2. The number of rotatable bonds is 10. The average Bonchev–Trinajstić information content (AvgIpc) is 3.03. The predicted molar refractivity (Wildman–Crippen MR) is 191 cm³/mol. The zero-order valence-corrected chi connectivity index (χ0v) is 30.3. The van der Waals surface area contributed by atoms with Gasteiger partial charge in [-0.2, -0.15) is 9.78 Å². The van der Waals surface area contributed by atoms with E-state index in [1.54, 1.807) is 19.4 Å². The summed E-state index contributed by atoms with van der Waals surface area (Å²) in [6, 6.07) is 21.1. The fraction of sp³-hybridized carbons (Fsp3) is 0.229. The van der Waals surface area contributed by atoms with Crippen molar-refractivity contribution in [3.63, 3.8) is 0 Å². The largest absolute Gasteiger partial charge is 0.496 e. The second-order valence-electron chi connectivity index (χ2n) is 10.6. The molecule has 0 fully saturated rings. The van der Waals surface area contributed by atoms with Gasteiger partial charge in [0.25, 0.3) is 5.56 Å². The lowest BCUT2D eigenvalue weighted by Gasteiger charge is -2.18. The monoisotopic (exact) mass is 795 g/mol. The van der Waals surface area contributed by atoms with Gasteiger partial charge in [0.2, 0.25) is 0 Å². The minimum absolute atomic E-state index is 0.193. The minimum Gasteiger partial charge on any atom is -0.496 e. The van der Waals surface area contributed by atoms with Gasteiger partial charge in [-0.05, 0) is 111 Å². The Morgan fingerprint density at radius 1 is 0.956 bits per heavy atom. The van der Waals surface area contributed by atoms with Crippen molar-refractivity contribution in [2.75, 3.05) is 13.7 Å². The van der Waals surface area contributed by atoms with E-state index < -0.39 is 0 Å². The van der Waals surface area contributed by atoms with E-state index in [1.807, 2.05) is 74.5 Å². The van der Waals surface area contributed by atoms with Crippen LogP contribution in [0, 0.1) is 6.92 Å². The quantitative estimate of drug-likeness (QED) is 0.132. The fourth-order valence-electron chi connectivity index (χ4n) is 4.92. The van der Waals surface area contributed by atoms with E-state index in [2.05, 4.69) is 61.6 Å². The number of nitrogens with zero attached hydrogens (tertiary/aromatic N) is 3. The first-order valence-corrected chi connectivity index (χ1v) is 16.8. The lowest BCUT2D eigenvalue weighted by Crippen LogP contribution is -2.21. The van der Waals surface area contributed by atoms with Gasteiger partial charge in [0.05, 0.1) is 35.3 Å². The number of hydrogen-bond acceptors (Lipinski definition) is 6. The summed E-state index contributed by atoms with van der Waals surface area (Å²) in [7, 11) is 1.67. The van der Waals surface area contributed by atoms with Crippen molar-refractivity contribution in [3.05, 3.63) is 113 Å². The van der Waals surface area contributed by atoms with E-state index in [1.165, 1.54) is 4.68 Å². The van der Waals surface area contributed by atoms with Crippen molar-refractivity contribution >= 4 is 64.9 Å². The highest BCUT2D eigenvalue weighted by molar-refractivity contribution is 9.13. The number of methoxy groups -OCH3 is 1. The van der Waals surface area contributed by atoms with Crippen LogP contribution in [0.25, 0.3) is 22.3 Å². The Morgan fingerprint density at radius 3 is 2.38 bits per heavy atom. The van der Waals surface area contributed by atoms with E-state index in [4.69, 9.17) is 24.3 Å². The molecular formula is C35H32Br3N3O4. The van der Waals surface area contributed by atoms with Crippen molar-refractivity contribution in [2.24, 2.45) is 5.10 Å². The number of para-hydroxylation sites is 1. The van der Waals surface area contributed by atoms with Crippen LogP contribution in [-0.2, 0) is 6.61 Å². The SMILES string of the molecule is CCOc1cc(C=Nn2c(-c3cc(C(C)C)c(OC)cc3C)nc3ccccc3c2=O)c(Br)c(Br)c1OCc1ccc(Br)cc1. The normalized spacial score (nSPS) is 11.5. The third kappa shape index (κ3) is 7.03. The molecular weight excluding hydrogens is 766 g/mol. The molecule has 1 heterocycles. The molecule has 0 spiro atoms. The lowest BCUT2D eigenvalue weighted by molar-refractivity contribution is 0.267. The molecule has 1 aromatic heterocycles. The summed E-state index contributed by atoms with van der Waals surface area (Å²) in [5.41, 5.74) is 4.75. The summed E-state index contributed by atoms with van der Waals surface area (Å²) in [4.78, 5) is 18.9. The van der Waals surface area contributed by atoms with E-state index in [9.17, 15) is 4.79 Å². The standard InChI is InChI=1S/C35H32Br3N3O4/c1-6-44-30-16-23(31(37)32(38)33(30)45-19-22-11-13-24(36)14-12-22)18-39-41-34(40-28-10-8-7-9-25(28)35(41)42)27-17-26(20(2)3)29(43-5)15-21(27)4/h7-18,20H,6,19H2,1-5H3. The summed E-state index contributed by atoms with van der Waals surface area (Å²) in [6.07, 6.45) is 1.62. The molecule has 4 aromatic carbocycles. The molecule has 0 atom stereocenters. The zero-order chi connectivity index (χ0) is 32.2. The van der Waals surface area contributed by atoms with Crippen molar-refractivity contribution in [1.29, 1.82) is 0 Å². The Morgan fingerprint density at radius 2 is 1.69 bits per heavy atom. The molecule has 0 aliphatic rings. The third-order valence-electron chi connectivity index (χ3n) is 7.26. The number of benzene rings is 4. The van der Waals surface area contributed by atoms with Gasteiger partial charge in [-0.25, -0.2) is 4.98 Å². The van der Waals surface area contributed by atoms with E-state index in [0.717, 1.165) is 32.5 Å². The minimum atomic E-state index is -0.275. The molecule has 0 radical (unpaired) electrons. The summed E-state index contributed by atoms with van der Waals surface area (Å²) in [5, 5.41) is 5.20. The van der Waals surface area contributed by atoms with Gasteiger partial charge in [-0.3, -0.25) is 4.79 Å². The lowest BCUT2D eigenvalue weighted by atomic mass is 9.96. The smallest absolute Gasteiger partial charge is 0.282 e. The molecule has 7 nitrogen and oxygen atoms in total. The molecule has 0 saturated carbocycles. The van der Waals surface area contributed by atoms with Crippen LogP contribution in [0.5, 0.6) is 17.2 Å². The van der Waals surface area contributed by atoms with Gasteiger partial charge in [-0.15, -0.1) is 0 Å². The molecule has 10 heteroatoms. The van der Waals surface area contributed by atoms with Crippen molar-refractivity contribution in [2.45, 2.75) is 40.2 Å². The average molecular weight is 798 g/mol. The van der Waals surface area contributed by atoms with Gasteiger partial charge in [0, 0.05) is 20.1 Å². The Labute approximate surface area is 287 Å². The molecule has 0 aliphatic heterocycles. The van der Waals surface area contributed by atoms with Crippen LogP contribution in [0.1, 0.15) is 48.9 Å². The summed E-state index contributed by atoms with van der Waals surface area (Å²) in [5.74, 6) is 2.53. The summed E-state index contributed by atoms with van der Waals surface area (Å²) < 4.78 is 21.6. The molecule has 5 rings (SSSR count). The van der Waals surface area contributed by atoms with Crippen molar-refractivity contribution in [1.82, 2.24) is 9.66 Å². The first-order valence-electron chi connectivity index (χ1n) is 14.4. The van der Waals surface area contributed by atoms with Crippen LogP contribution in [0.4, 0.5) is 0 Å². The first kappa shape index (κ1) is 32.9. The maximum absolute atomic E-state index is 13.9. The van der Waals surface area contributed by atoms with E-state index in [0.29, 0.717) is 55.9 Å². The van der Waals surface area contributed by atoms with E-state index >= 15 is 0 Å². The predicted octanol–water partition coefficient (Wildman–Crippen LogP) is 9.65. The molecule has 0 N–H and O–H groups in total. The first-order chi connectivity index (χ1) is 21.6. The number of aryl methyl sites for hydroxylation is 1. The second kappa shape index (κ2) is 14.3. The number of halogens is 3. The van der Waals surface area contributed by atoms with Crippen LogP contribution in [0.2, 0.25) is 0 Å². The van der Waals surface area contributed by atoms with Crippen molar-refractivity contribution < 1.29 is 14.2 Å². The number of fused-ring (bicyclic) bond motifs is 1. The summed E-state index contributed by atoms with van der Waals surface area (Å²) in [6.45, 7) is 8.89. The number of hydrogen-bond donors (Lipinski definition) is 0. The molecule has 0 bridgehead atoms. The maximum Gasteiger partial charge on any atom is 0.282 e. The molecule has 0 saturated heterocycles. The van der Waals surface area contributed by atoms with Crippen molar-refractivity contribution in [3.8, 4) is 28.6 Å². The molecule has 0 amide bonds. The Balaban J connectivity index is 1.63. The highest BCUT2D eigenvalue weighted by Crippen LogP contribution is 2.43. The molecule has 45 heavy (non-hydrogen) atoms. The Kier molecular flexibility index (Phi) is 10.5. The second-order valence-corrected chi connectivity index (χ2v) is 13.1. The van der Waals surface area contributed by atoms with Crippen LogP contribution in [0.3, 0.4) is 0 Å². The van der Waals surface area contributed by atoms with Crippen LogP contribution < -0.4 is 19.8 Å². The van der Waals surface area contributed by atoms with Gasteiger partial charge in [-0.1, -0.05) is 54.0 Å². The highest BCUT2D eigenvalue weighted by Gasteiger charge is 2.20. The van der Waals surface area contributed by atoms with Gasteiger partial charge < -0.3 is 14.2 Å². The highest BCUT2D eigenvalue weighted by atomic mass is 79.9. The number of ether oxygens (including phenoxy) is 3. The van der Waals surface area contributed by atoms with Crippen LogP contribution in [0.15, 0.2) is 90.0 Å². The maximum atomic E-state index is 13.9. The van der Waals surface area contributed by atoms with Crippen LogP contribution >= 0.6 is 47.8 Å². The zero-order valence-electron chi connectivity index (χ0n) is 25.5. The molecule has 232 valence electrons. The fourth-order valence-corrected chi connectivity index (χ4v) is 6.12. The Bertz CT molecular complexity index is 1950. The van der Waals surface area contributed by atoms with Crippen LogP contribution in [-0.4, -0.2) is 29.6 Å². The molecule has 5 aromatic rings. The third-order valence-corrected chi connectivity index (χ3v) is 9.93. The van der Waals surface area contributed by atoms with Gasteiger partial charge in [0.1, 0.15) is 12.4 Å².